The van der Waals surface area contributed by atoms with Crippen LogP contribution >= 0.6 is 12.4 Å². The summed E-state index contributed by atoms with van der Waals surface area (Å²) in [4.78, 5) is 0.301. The van der Waals surface area contributed by atoms with Crippen LogP contribution in [-0.4, -0.2) is 58.7 Å². The molecule has 0 radical (unpaired) electrons. The first kappa shape index (κ1) is 19.2. The topological polar surface area (TPSA) is 67.9 Å². The lowest BCUT2D eigenvalue weighted by Gasteiger charge is -2.32. The lowest BCUT2D eigenvalue weighted by molar-refractivity contribution is 0.146. The summed E-state index contributed by atoms with van der Waals surface area (Å²) in [6.07, 6.45) is 0. The van der Waals surface area contributed by atoms with Crippen LogP contribution in [0.3, 0.4) is 0 Å². The number of benzene rings is 1. The van der Waals surface area contributed by atoms with Crippen molar-refractivity contribution in [3.05, 3.63) is 24.3 Å². The normalized spacial score (nSPS) is 19.5. The fraction of sp³-hybridized carbons (Fsp3) is 0.571. The lowest BCUT2D eigenvalue weighted by atomic mass is 10.3. The van der Waals surface area contributed by atoms with Crippen molar-refractivity contribution in [2.75, 3.05) is 40.0 Å². The number of nitrogens with one attached hydrogen (secondary N) is 1. The molecule has 1 aromatic carbocycles. The maximum Gasteiger partial charge on any atom is 0.243 e. The molecule has 1 N–H and O–H groups in total. The number of hydrogen-bond donors (Lipinski definition) is 1. The van der Waals surface area contributed by atoms with Crippen molar-refractivity contribution < 1.29 is 17.9 Å². The molecule has 2 rings (SSSR count). The molecule has 1 heterocycles. The molecule has 1 fully saturated rings. The van der Waals surface area contributed by atoms with Crippen molar-refractivity contribution in [3.8, 4) is 5.75 Å². The third kappa shape index (κ3) is 4.57. The zero-order valence-electron chi connectivity index (χ0n) is 12.8. The monoisotopic (exact) mass is 350 g/mol. The number of nitrogens with zero attached hydrogens (tertiary/aromatic N) is 1. The minimum absolute atomic E-state index is 0. The van der Waals surface area contributed by atoms with E-state index < -0.39 is 10.0 Å². The SMILES string of the molecule is COCCOc1ccc(S(=O)(=O)N2CCNC[C@@H]2C)cc1.Cl. The van der Waals surface area contributed by atoms with Crippen LogP contribution in [0, 0.1) is 0 Å². The first-order valence-corrected chi connectivity index (χ1v) is 8.44. The molecule has 0 aromatic heterocycles. The number of ether oxygens (including phenoxy) is 2. The van der Waals surface area contributed by atoms with Gasteiger partial charge in [0.2, 0.25) is 10.0 Å². The summed E-state index contributed by atoms with van der Waals surface area (Å²) in [5.41, 5.74) is 0. The second-order valence-corrected chi connectivity index (χ2v) is 6.87. The Morgan fingerprint density at radius 2 is 1.95 bits per heavy atom. The predicted molar refractivity (Wildman–Crippen MR) is 87.3 cm³/mol. The molecule has 6 nitrogen and oxygen atoms in total. The maximum atomic E-state index is 12.6. The van der Waals surface area contributed by atoms with Crippen LogP contribution in [0.1, 0.15) is 6.92 Å². The van der Waals surface area contributed by atoms with E-state index in [1.165, 1.54) is 0 Å². The van der Waals surface area contributed by atoms with E-state index in [-0.39, 0.29) is 18.4 Å². The number of piperazine rings is 1. The Bertz CT molecular complexity index is 550. The zero-order chi connectivity index (χ0) is 15.3. The molecule has 1 aliphatic heterocycles. The van der Waals surface area contributed by atoms with E-state index in [1.54, 1.807) is 35.7 Å². The third-order valence-electron chi connectivity index (χ3n) is 3.43. The van der Waals surface area contributed by atoms with Gasteiger partial charge in [-0.2, -0.15) is 4.31 Å². The summed E-state index contributed by atoms with van der Waals surface area (Å²) in [6, 6.07) is 6.49. The largest absolute Gasteiger partial charge is 0.491 e. The molecule has 1 atom stereocenters. The van der Waals surface area contributed by atoms with Gasteiger partial charge in [0.25, 0.3) is 0 Å². The fourth-order valence-electron chi connectivity index (χ4n) is 2.27. The molecule has 0 unspecified atom stereocenters. The molecule has 0 amide bonds. The molecule has 1 saturated heterocycles. The summed E-state index contributed by atoms with van der Waals surface area (Å²) in [5, 5.41) is 3.19. The van der Waals surface area contributed by atoms with Crippen LogP contribution in [0.25, 0.3) is 0 Å². The van der Waals surface area contributed by atoms with E-state index in [1.807, 2.05) is 6.92 Å². The maximum absolute atomic E-state index is 12.6. The molecule has 126 valence electrons. The predicted octanol–water partition coefficient (Wildman–Crippen LogP) is 1.12. The van der Waals surface area contributed by atoms with Crippen molar-refractivity contribution >= 4 is 22.4 Å². The van der Waals surface area contributed by atoms with Gasteiger partial charge in [-0.05, 0) is 31.2 Å². The highest BCUT2D eigenvalue weighted by molar-refractivity contribution is 7.89. The standard InChI is InChI=1S/C14H22N2O4S.ClH/c1-12-11-15-7-8-16(12)21(17,18)14-5-3-13(4-6-14)20-10-9-19-2;/h3-6,12,15H,7-11H2,1-2H3;1H/t12-;/m0./s1. The molecule has 0 spiro atoms. The Morgan fingerprint density at radius 3 is 2.55 bits per heavy atom. The summed E-state index contributed by atoms with van der Waals surface area (Å²) in [6.45, 7) is 4.70. The van der Waals surface area contributed by atoms with E-state index in [0.717, 1.165) is 0 Å². The highest BCUT2D eigenvalue weighted by Gasteiger charge is 2.30. The van der Waals surface area contributed by atoms with Gasteiger partial charge in [0, 0.05) is 32.8 Å². The molecule has 0 aliphatic carbocycles. The van der Waals surface area contributed by atoms with E-state index in [9.17, 15) is 8.42 Å². The van der Waals surface area contributed by atoms with Gasteiger partial charge in [-0.15, -0.1) is 12.4 Å². The van der Waals surface area contributed by atoms with Crippen LogP contribution in [-0.2, 0) is 14.8 Å². The van der Waals surface area contributed by atoms with Crippen LogP contribution in [0.5, 0.6) is 5.75 Å². The van der Waals surface area contributed by atoms with Crippen LogP contribution in [0.4, 0.5) is 0 Å². The van der Waals surface area contributed by atoms with Crippen molar-refractivity contribution in [2.24, 2.45) is 0 Å². The van der Waals surface area contributed by atoms with Gasteiger partial charge in [-0.25, -0.2) is 8.42 Å². The summed E-state index contributed by atoms with van der Waals surface area (Å²) in [5.74, 6) is 0.638. The molecule has 0 bridgehead atoms. The molecule has 1 aromatic rings. The van der Waals surface area contributed by atoms with E-state index in [0.29, 0.717) is 43.5 Å². The molecule has 0 saturated carbocycles. The Hall–Kier alpha value is -0.860. The van der Waals surface area contributed by atoms with E-state index >= 15 is 0 Å². The van der Waals surface area contributed by atoms with Gasteiger partial charge < -0.3 is 14.8 Å². The average Bonchev–Trinajstić information content (AvgIpc) is 2.48. The number of rotatable bonds is 6. The molecule has 22 heavy (non-hydrogen) atoms. The average molecular weight is 351 g/mol. The van der Waals surface area contributed by atoms with Crippen molar-refractivity contribution in [2.45, 2.75) is 17.9 Å². The highest BCUT2D eigenvalue weighted by atomic mass is 35.5. The Morgan fingerprint density at radius 1 is 1.27 bits per heavy atom. The first-order valence-electron chi connectivity index (χ1n) is 7.00. The molecule has 8 heteroatoms. The van der Waals surface area contributed by atoms with E-state index in [2.05, 4.69) is 5.32 Å². The number of methoxy groups -OCH3 is 1. The van der Waals surface area contributed by atoms with Gasteiger partial charge in [-0.3, -0.25) is 0 Å². The van der Waals surface area contributed by atoms with Gasteiger partial charge in [-0.1, -0.05) is 0 Å². The quantitative estimate of drug-likeness (QED) is 0.779. The minimum Gasteiger partial charge on any atom is -0.491 e. The number of sulfonamides is 1. The van der Waals surface area contributed by atoms with Crippen molar-refractivity contribution in [3.63, 3.8) is 0 Å². The summed E-state index contributed by atoms with van der Waals surface area (Å²) < 4.78 is 37.1. The molecule has 1 aliphatic rings. The number of halogens is 1. The Kier molecular flexibility index (Phi) is 7.58. The van der Waals surface area contributed by atoms with Gasteiger partial charge >= 0.3 is 0 Å². The van der Waals surface area contributed by atoms with Crippen LogP contribution in [0.15, 0.2) is 29.2 Å². The summed E-state index contributed by atoms with van der Waals surface area (Å²) >= 11 is 0. The van der Waals surface area contributed by atoms with Crippen molar-refractivity contribution in [1.82, 2.24) is 9.62 Å². The molecular weight excluding hydrogens is 328 g/mol. The fourth-order valence-corrected chi connectivity index (χ4v) is 3.90. The Balaban J connectivity index is 0.00000242. The van der Waals surface area contributed by atoms with Gasteiger partial charge in [0.1, 0.15) is 12.4 Å². The second-order valence-electron chi connectivity index (χ2n) is 4.98. The first-order chi connectivity index (χ1) is 10.1. The zero-order valence-corrected chi connectivity index (χ0v) is 14.5. The minimum atomic E-state index is -3.44. The lowest BCUT2D eigenvalue weighted by Crippen LogP contribution is -2.52. The number of hydrogen-bond acceptors (Lipinski definition) is 5. The van der Waals surface area contributed by atoms with Crippen LogP contribution in [0.2, 0.25) is 0 Å². The van der Waals surface area contributed by atoms with Crippen LogP contribution < -0.4 is 10.1 Å². The van der Waals surface area contributed by atoms with Gasteiger partial charge in [0.05, 0.1) is 11.5 Å². The smallest absolute Gasteiger partial charge is 0.243 e. The van der Waals surface area contributed by atoms with Gasteiger partial charge in [0.15, 0.2) is 0 Å². The summed E-state index contributed by atoms with van der Waals surface area (Å²) in [7, 11) is -1.84. The molecular formula is C14H23ClN2O4S. The third-order valence-corrected chi connectivity index (χ3v) is 5.45. The van der Waals surface area contributed by atoms with E-state index in [4.69, 9.17) is 9.47 Å². The highest BCUT2D eigenvalue weighted by Crippen LogP contribution is 2.21. The van der Waals surface area contributed by atoms with Crippen molar-refractivity contribution in [1.29, 1.82) is 0 Å². The Labute approximate surface area is 138 Å². The second kappa shape index (κ2) is 8.69.